The molecule has 120 valence electrons. The van der Waals surface area contributed by atoms with Crippen LogP contribution < -0.4 is 5.32 Å². The van der Waals surface area contributed by atoms with Crippen LogP contribution in [0, 0.1) is 13.8 Å². The van der Waals surface area contributed by atoms with Crippen molar-refractivity contribution < 1.29 is 4.79 Å². The first-order valence-corrected chi connectivity index (χ1v) is 7.88. The first-order chi connectivity index (χ1) is 11.0. The first kappa shape index (κ1) is 15.6. The average Bonchev–Trinajstić information content (AvgIpc) is 3.09. The standard InChI is InChI=1S/C17H19ClN4O/c1-10-11(2)21-16-5-4-13(6-15(10)16)7-19-17(23)12(3)22-9-14(18)8-20-22/h4-6,8-9,12,21H,7H2,1-3H3,(H,19,23). The van der Waals surface area contributed by atoms with Crippen LogP contribution in [0.2, 0.25) is 5.02 Å². The lowest BCUT2D eigenvalue weighted by Gasteiger charge is -2.12. The van der Waals surface area contributed by atoms with E-state index in [1.54, 1.807) is 17.8 Å². The number of halogens is 1. The number of amides is 1. The highest BCUT2D eigenvalue weighted by Crippen LogP contribution is 2.22. The molecular weight excluding hydrogens is 312 g/mol. The van der Waals surface area contributed by atoms with E-state index in [2.05, 4.69) is 35.3 Å². The van der Waals surface area contributed by atoms with E-state index in [-0.39, 0.29) is 5.91 Å². The van der Waals surface area contributed by atoms with Crippen molar-refractivity contribution in [3.8, 4) is 0 Å². The van der Waals surface area contributed by atoms with Gasteiger partial charge in [-0.15, -0.1) is 0 Å². The molecule has 2 heterocycles. The van der Waals surface area contributed by atoms with Crippen molar-refractivity contribution in [2.45, 2.75) is 33.4 Å². The molecule has 3 rings (SSSR count). The Labute approximate surface area is 139 Å². The third-order valence-electron chi connectivity index (χ3n) is 4.19. The predicted molar refractivity (Wildman–Crippen MR) is 91.6 cm³/mol. The SMILES string of the molecule is Cc1[nH]c2ccc(CNC(=O)C(C)n3cc(Cl)cn3)cc2c1C. The molecule has 1 aromatic carbocycles. The number of nitrogens with zero attached hydrogens (tertiary/aromatic N) is 2. The summed E-state index contributed by atoms with van der Waals surface area (Å²) in [6, 6.07) is 5.78. The number of aryl methyl sites for hydroxylation is 2. The predicted octanol–water partition coefficient (Wildman–Crippen LogP) is 3.51. The molecule has 23 heavy (non-hydrogen) atoms. The minimum Gasteiger partial charge on any atom is -0.358 e. The van der Waals surface area contributed by atoms with Crippen molar-refractivity contribution in [3.05, 3.63) is 52.4 Å². The van der Waals surface area contributed by atoms with E-state index in [1.165, 1.54) is 22.8 Å². The molecule has 2 N–H and O–H groups in total. The highest BCUT2D eigenvalue weighted by Gasteiger charge is 2.15. The summed E-state index contributed by atoms with van der Waals surface area (Å²) < 4.78 is 1.56. The Bertz CT molecular complexity index is 865. The molecule has 0 bridgehead atoms. The van der Waals surface area contributed by atoms with Gasteiger partial charge in [0.25, 0.3) is 0 Å². The summed E-state index contributed by atoms with van der Waals surface area (Å²) in [4.78, 5) is 15.6. The van der Waals surface area contributed by atoms with Gasteiger partial charge in [0.1, 0.15) is 6.04 Å². The molecule has 6 heteroatoms. The molecule has 5 nitrogen and oxygen atoms in total. The number of aromatic nitrogens is 3. The summed E-state index contributed by atoms with van der Waals surface area (Å²) in [6.45, 7) is 6.44. The molecule has 0 radical (unpaired) electrons. The zero-order valence-corrected chi connectivity index (χ0v) is 14.1. The van der Waals surface area contributed by atoms with E-state index in [4.69, 9.17) is 11.6 Å². The maximum Gasteiger partial charge on any atom is 0.244 e. The van der Waals surface area contributed by atoms with E-state index in [0.29, 0.717) is 11.6 Å². The molecule has 2 aromatic heterocycles. The number of H-pyrrole nitrogens is 1. The third kappa shape index (κ3) is 3.10. The average molecular weight is 331 g/mol. The number of carbonyl (C=O) groups excluding carboxylic acids is 1. The topological polar surface area (TPSA) is 62.7 Å². The number of aromatic amines is 1. The maximum absolute atomic E-state index is 12.2. The summed E-state index contributed by atoms with van der Waals surface area (Å²) in [6.07, 6.45) is 3.17. The molecule has 1 unspecified atom stereocenters. The molecule has 0 fully saturated rings. The van der Waals surface area contributed by atoms with Crippen molar-refractivity contribution >= 4 is 28.4 Å². The number of nitrogens with one attached hydrogen (secondary N) is 2. The van der Waals surface area contributed by atoms with Crippen LogP contribution in [0.25, 0.3) is 10.9 Å². The molecule has 0 aliphatic rings. The summed E-state index contributed by atoms with van der Waals surface area (Å²) in [5.74, 6) is -0.0909. The van der Waals surface area contributed by atoms with E-state index in [0.717, 1.165) is 11.1 Å². The number of carbonyl (C=O) groups is 1. The fourth-order valence-electron chi connectivity index (χ4n) is 2.60. The van der Waals surface area contributed by atoms with Crippen LogP contribution in [0.5, 0.6) is 0 Å². The first-order valence-electron chi connectivity index (χ1n) is 7.51. The van der Waals surface area contributed by atoms with Gasteiger partial charge in [-0.3, -0.25) is 9.48 Å². The third-order valence-corrected chi connectivity index (χ3v) is 4.38. The normalized spacial score (nSPS) is 12.5. The Kier molecular flexibility index (Phi) is 4.13. The van der Waals surface area contributed by atoms with E-state index in [9.17, 15) is 4.79 Å². The van der Waals surface area contributed by atoms with Gasteiger partial charge in [-0.05, 0) is 44.0 Å². The molecular formula is C17H19ClN4O. The Balaban J connectivity index is 1.70. The summed E-state index contributed by atoms with van der Waals surface area (Å²) >= 11 is 5.84. The van der Waals surface area contributed by atoms with Gasteiger partial charge in [0.2, 0.25) is 5.91 Å². The Morgan fingerprint density at radius 3 is 2.91 bits per heavy atom. The van der Waals surface area contributed by atoms with Crippen molar-refractivity contribution in [2.75, 3.05) is 0 Å². The second-order valence-corrected chi connectivity index (χ2v) is 6.22. The molecule has 3 aromatic rings. The molecule has 0 aliphatic heterocycles. The highest BCUT2D eigenvalue weighted by molar-refractivity contribution is 6.30. The number of rotatable bonds is 4. The van der Waals surface area contributed by atoms with Crippen LogP contribution in [0.15, 0.2) is 30.6 Å². The summed E-state index contributed by atoms with van der Waals surface area (Å²) in [5.41, 5.74) is 4.60. The maximum atomic E-state index is 12.2. The number of fused-ring (bicyclic) bond motifs is 1. The van der Waals surface area contributed by atoms with Crippen LogP contribution in [0.3, 0.4) is 0 Å². The van der Waals surface area contributed by atoms with Gasteiger partial charge >= 0.3 is 0 Å². The highest BCUT2D eigenvalue weighted by atomic mass is 35.5. The monoisotopic (exact) mass is 330 g/mol. The molecule has 0 aliphatic carbocycles. The van der Waals surface area contributed by atoms with Crippen molar-refractivity contribution in [1.29, 1.82) is 0 Å². The minimum atomic E-state index is -0.400. The van der Waals surface area contributed by atoms with Crippen molar-refractivity contribution in [1.82, 2.24) is 20.1 Å². The van der Waals surface area contributed by atoms with Gasteiger partial charge in [0, 0.05) is 29.3 Å². The van der Waals surface area contributed by atoms with E-state index in [1.807, 2.05) is 12.1 Å². The lowest BCUT2D eigenvalue weighted by atomic mass is 10.1. The van der Waals surface area contributed by atoms with Gasteiger partial charge in [-0.2, -0.15) is 5.10 Å². The second-order valence-electron chi connectivity index (χ2n) is 5.79. The van der Waals surface area contributed by atoms with E-state index >= 15 is 0 Å². The lowest BCUT2D eigenvalue weighted by Crippen LogP contribution is -2.30. The Morgan fingerprint density at radius 2 is 2.22 bits per heavy atom. The smallest absolute Gasteiger partial charge is 0.244 e. The van der Waals surface area contributed by atoms with Crippen LogP contribution in [-0.4, -0.2) is 20.7 Å². The van der Waals surface area contributed by atoms with Crippen LogP contribution in [-0.2, 0) is 11.3 Å². The Morgan fingerprint density at radius 1 is 1.43 bits per heavy atom. The van der Waals surface area contributed by atoms with Gasteiger partial charge < -0.3 is 10.3 Å². The number of hydrogen-bond acceptors (Lipinski definition) is 2. The second kappa shape index (κ2) is 6.08. The lowest BCUT2D eigenvalue weighted by molar-refractivity contribution is -0.124. The zero-order valence-electron chi connectivity index (χ0n) is 13.4. The van der Waals surface area contributed by atoms with Gasteiger partial charge in [0.05, 0.1) is 11.2 Å². The van der Waals surface area contributed by atoms with Gasteiger partial charge in [0.15, 0.2) is 0 Å². The fourth-order valence-corrected chi connectivity index (χ4v) is 2.75. The zero-order chi connectivity index (χ0) is 16.6. The van der Waals surface area contributed by atoms with Crippen molar-refractivity contribution in [2.24, 2.45) is 0 Å². The summed E-state index contributed by atoms with van der Waals surface area (Å²) in [7, 11) is 0. The fraction of sp³-hybridized carbons (Fsp3) is 0.294. The van der Waals surface area contributed by atoms with Crippen molar-refractivity contribution in [3.63, 3.8) is 0 Å². The largest absolute Gasteiger partial charge is 0.358 e. The van der Waals surface area contributed by atoms with Gasteiger partial charge in [-0.1, -0.05) is 17.7 Å². The van der Waals surface area contributed by atoms with Crippen LogP contribution in [0.1, 0.15) is 29.8 Å². The summed E-state index contributed by atoms with van der Waals surface area (Å²) in [5, 5.41) is 8.73. The molecule has 0 saturated carbocycles. The van der Waals surface area contributed by atoms with Crippen LogP contribution >= 0.6 is 11.6 Å². The molecule has 1 atom stereocenters. The Hall–Kier alpha value is -2.27. The molecule has 0 saturated heterocycles. The van der Waals surface area contributed by atoms with Gasteiger partial charge in [-0.25, -0.2) is 0 Å². The number of benzene rings is 1. The minimum absolute atomic E-state index is 0.0909. The van der Waals surface area contributed by atoms with Crippen LogP contribution in [0.4, 0.5) is 0 Å². The van der Waals surface area contributed by atoms with E-state index < -0.39 is 6.04 Å². The molecule has 1 amide bonds. The quantitative estimate of drug-likeness (QED) is 0.769. The molecule has 0 spiro atoms. The number of hydrogen-bond donors (Lipinski definition) is 2.